The summed E-state index contributed by atoms with van der Waals surface area (Å²) in [6.45, 7) is 4.08. The smallest absolute Gasteiger partial charge is 0.334 e. The number of azo groups is 4. The van der Waals surface area contributed by atoms with E-state index >= 15 is 0 Å². The first-order valence-corrected chi connectivity index (χ1v) is 10.9. The molecule has 0 fully saturated rings. The maximum atomic E-state index is 6.78. The molecule has 160 valence electrons. The van der Waals surface area contributed by atoms with E-state index in [-0.39, 0.29) is 0 Å². The largest absolute Gasteiger partial charge is 0.762 e. The van der Waals surface area contributed by atoms with Crippen LogP contribution in [0.2, 0.25) is 0 Å². The molecule has 33 heavy (non-hydrogen) atoms. The van der Waals surface area contributed by atoms with Crippen LogP contribution in [0.3, 0.4) is 0 Å². The van der Waals surface area contributed by atoms with Crippen LogP contribution in [0.5, 0.6) is 11.5 Å². The van der Waals surface area contributed by atoms with Gasteiger partial charge >= 0.3 is 6.03 Å². The van der Waals surface area contributed by atoms with E-state index in [1.165, 1.54) is 0 Å². The highest BCUT2D eigenvalue weighted by Crippen LogP contribution is 2.48. The molecule has 0 saturated heterocycles. The van der Waals surface area contributed by atoms with Crippen molar-refractivity contribution < 1.29 is 18.9 Å². The summed E-state index contributed by atoms with van der Waals surface area (Å²) < 4.78 is 17.0. The van der Waals surface area contributed by atoms with E-state index < -0.39 is 6.03 Å². The van der Waals surface area contributed by atoms with E-state index in [1.54, 1.807) is 9.39 Å². The van der Waals surface area contributed by atoms with Gasteiger partial charge in [-0.15, -0.1) is 0 Å². The van der Waals surface area contributed by atoms with Gasteiger partial charge in [-0.25, -0.2) is 0 Å². The lowest BCUT2D eigenvalue weighted by Gasteiger charge is -2.28. The van der Waals surface area contributed by atoms with Crippen molar-refractivity contribution in [2.24, 2.45) is 10.2 Å². The zero-order valence-electron chi connectivity index (χ0n) is 18.3. The van der Waals surface area contributed by atoms with Gasteiger partial charge in [0.25, 0.3) is 0 Å². The van der Waals surface area contributed by atoms with Crippen LogP contribution in [0.1, 0.15) is 11.1 Å². The molecule has 6 rings (SSSR count). The first kappa shape index (κ1) is 19.4. The summed E-state index contributed by atoms with van der Waals surface area (Å²) in [5.41, 5.74) is 5.19. The number of hydrogen-bond donors (Lipinski definition) is 0. The van der Waals surface area contributed by atoms with Crippen molar-refractivity contribution in [3.8, 4) is 11.5 Å². The molecule has 0 bridgehead atoms. The van der Waals surface area contributed by atoms with Crippen LogP contribution in [-0.2, 0) is 0 Å². The van der Waals surface area contributed by atoms with Gasteiger partial charge in [-0.3, -0.25) is 0 Å². The molecule has 0 saturated carbocycles. The van der Waals surface area contributed by atoms with Gasteiger partial charge < -0.3 is 9.47 Å². The lowest BCUT2D eigenvalue weighted by molar-refractivity contribution is -0.902. The molecule has 4 aromatic carbocycles. The third kappa shape index (κ3) is 3.10. The van der Waals surface area contributed by atoms with Gasteiger partial charge in [0, 0.05) is 34.5 Å². The fourth-order valence-corrected chi connectivity index (χ4v) is 4.25. The molecule has 4 aromatic rings. The van der Waals surface area contributed by atoms with Crippen molar-refractivity contribution in [3.63, 3.8) is 0 Å². The Morgan fingerprint density at radius 2 is 1.21 bits per heavy atom. The van der Waals surface area contributed by atoms with Crippen LogP contribution in [-0.4, -0.2) is 15.4 Å². The topological polar surface area (TPSA) is 49.2 Å². The Hall–Kier alpha value is -4.32. The molecule has 0 radical (unpaired) electrons. The van der Waals surface area contributed by atoms with Gasteiger partial charge in [-0.1, -0.05) is 54.6 Å². The first-order chi connectivity index (χ1) is 16.1. The van der Waals surface area contributed by atoms with E-state index in [0.29, 0.717) is 11.5 Å². The van der Waals surface area contributed by atoms with Crippen molar-refractivity contribution in [2.45, 2.75) is 19.9 Å². The Labute approximate surface area is 191 Å². The maximum Gasteiger partial charge on any atom is 0.762 e. The van der Waals surface area contributed by atoms with E-state index in [1.807, 2.05) is 97.9 Å². The summed E-state index contributed by atoms with van der Waals surface area (Å²) in [5.74, 6) is 1.29. The molecular formula is C27H22N4O2+2. The number of rotatable bonds is 2. The molecule has 0 N–H and O–H groups in total. The van der Waals surface area contributed by atoms with Crippen LogP contribution >= 0.6 is 0 Å². The Balaban J connectivity index is 1.68. The van der Waals surface area contributed by atoms with Crippen LogP contribution in [0, 0.1) is 13.8 Å². The minimum absolute atomic E-state index is 0.619. The fourth-order valence-electron chi connectivity index (χ4n) is 4.25. The SMILES string of the molecule is Cc1cc(C)c2c(c1)N=[N+](c1ccccc1)[C@@]1(Oc3ccccc3N=[N+]1c1ccccc1)O2. The third-order valence-corrected chi connectivity index (χ3v) is 5.69. The molecule has 6 nitrogen and oxygen atoms in total. The molecule has 2 aliphatic heterocycles. The van der Waals surface area contributed by atoms with Crippen molar-refractivity contribution in [2.75, 3.05) is 0 Å². The third-order valence-electron chi connectivity index (χ3n) is 5.69. The Bertz CT molecular complexity index is 1430. The highest BCUT2D eigenvalue weighted by atomic mass is 16.8. The molecule has 2 aliphatic rings. The average Bonchev–Trinajstić information content (AvgIpc) is 2.85. The van der Waals surface area contributed by atoms with E-state index in [2.05, 4.69) is 13.0 Å². The van der Waals surface area contributed by atoms with Gasteiger partial charge in [-0.2, -0.15) is 0 Å². The molecule has 2 heterocycles. The Kier molecular flexibility index (Phi) is 4.33. The molecule has 0 aromatic heterocycles. The normalized spacial score (nSPS) is 18.4. The second kappa shape index (κ2) is 7.38. The summed E-state index contributed by atoms with van der Waals surface area (Å²) in [6, 6.07) is 30.0. The van der Waals surface area contributed by atoms with Gasteiger partial charge in [0.1, 0.15) is 0 Å². The summed E-state index contributed by atoms with van der Waals surface area (Å²) >= 11 is 0. The minimum Gasteiger partial charge on any atom is -0.334 e. The Morgan fingerprint density at radius 3 is 1.88 bits per heavy atom. The van der Waals surface area contributed by atoms with Gasteiger partial charge in [-0.05, 0) is 43.2 Å². The van der Waals surface area contributed by atoms with Crippen molar-refractivity contribution in [3.05, 3.63) is 108 Å². The zero-order chi connectivity index (χ0) is 22.4. The summed E-state index contributed by atoms with van der Waals surface area (Å²) in [4.78, 5) is 0. The predicted molar refractivity (Wildman–Crippen MR) is 123 cm³/mol. The summed E-state index contributed by atoms with van der Waals surface area (Å²) in [6.07, 6.45) is 0. The van der Waals surface area contributed by atoms with Gasteiger partial charge in [0.15, 0.2) is 22.9 Å². The number of hydrogen-bond acceptors (Lipinski definition) is 4. The lowest BCUT2D eigenvalue weighted by Crippen LogP contribution is -2.59. The Morgan fingerprint density at radius 1 is 0.636 bits per heavy atom. The maximum absolute atomic E-state index is 6.78. The van der Waals surface area contributed by atoms with Crippen molar-refractivity contribution in [1.29, 1.82) is 0 Å². The molecule has 0 amide bonds. The lowest BCUT2D eigenvalue weighted by atomic mass is 10.1. The number of benzene rings is 4. The van der Waals surface area contributed by atoms with E-state index in [4.69, 9.17) is 19.7 Å². The molecular weight excluding hydrogens is 412 g/mol. The fraction of sp³-hybridized carbons (Fsp3) is 0.111. The van der Waals surface area contributed by atoms with Crippen molar-refractivity contribution in [1.82, 2.24) is 0 Å². The molecule has 1 spiro atoms. The number of ether oxygens (including phenoxy) is 2. The molecule has 0 aliphatic carbocycles. The predicted octanol–water partition coefficient (Wildman–Crippen LogP) is 7.26. The molecule has 6 heteroatoms. The quantitative estimate of drug-likeness (QED) is 0.312. The van der Waals surface area contributed by atoms with Crippen LogP contribution in [0.25, 0.3) is 0 Å². The first-order valence-electron chi connectivity index (χ1n) is 10.9. The standard InChI is InChI=1S/C27H22N4O2/c1-19-17-20(2)26-24(18-19)29-31(22-13-7-4-8-14-22)27(33-26)30(21-11-5-3-6-12-21)28-23-15-9-10-16-25(23)32-27/h3-18H,1-2H3/q+2/t27-/m0/s1. The van der Waals surface area contributed by atoms with E-state index in [0.717, 1.165) is 33.9 Å². The van der Waals surface area contributed by atoms with Crippen molar-refractivity contribution >= 4 is 22.7 Å². The molecule has 1 atom stereocenters. The minimum atomic E-state index is -1.50. The number of aryl methyl sites for hydroxylation is 2. The van der Waals surface area contributed by atoms with Crippen LogP contribution in [0.15, 0.2) is 107 Å². The zero-order valence-corrected chi connectivity index (χ0v) is 18.3. The average molecular weight is 434 g/mol. The number of fused-ring (bicyclic) bond motifs is 2. The van der Waals surface area contributed by atoms with Crippen LogP contribution < -0.4 is 9.47 Å². The van der Waals surface area contributed by atoms with Crippen LogP contribution in [0.4, 0.5) is 22.7 Å². The summed E-state index contributed by atoms with van der Waals surface area (Å²) in [5, 5.41) is 10.0. The molecule has 0 unspecified atom stereocenters. The monoisotopic (exact) mass is 434 g/mol. The second-order valence-corrected chi connectivity index (χ2v) is 8.15. The number of para-hydroxylation sites is 3. The highest BCUT2D eigenvalue weighted by molar-refractivity contribution is 5.58. The van der Waals surface area contributed by atoms with Gasteiger partial charge in [0.2, 0.25) is 11.4 Å². The number of nitrogens with zero attached hydrogens (tertiary/aromatic N) is 4. The summed E-state index contributed by atoms with van der Waals surface area (Å²) in [7, 11) is 0. The van der Waals surface area contributed by atoms with Gasteiger partial charge in [0.05, 0.1) is 9.39 Å². The second-order valence-electron chi connectivity index (χ2n) is 8.15. The van der Waals surface area contributed by atoms with E-state index in [9.17, 15) is 0 Å². The highest BCUT2D eigenvalue weighted by Gasteiger charge is 2.71.